The molecule has 3 aromatic carbocycles. The van der Waals surface area contributed by atoms with Crippen molar-refractivity contribution in [2.45, 2.75) is 4.90 Å². The van der Waals surface area contributed by atoms with E-state index >= 15 is 0 Å². The maximum absolute atomic E-state index is 13.2. The molecular formula is C21H16Cl3N3O3S. The molecule has 0 unspecified atom stereocenters. The number of hydrogen-bond acceptors (Lipinski definition) is 4. The standard InChI is InChI=1S/C21H16Cl3N3O3S/c22-17-11-10-15(12-19(17)24)13-25-26-21(28)14-27(20-9-5-4-8-18(20)23)31(29,30)16-6-2-1-3-7-16/h1-13H,14H2,(H,26,28)/b25-13-. The van der Waals surface area contributed by atoms with Gasteiger partial charge in [-0.3, -0.25) is 9.10 Å². The third kappa shape index (κ3) is 5.77. The highest BCUT2D eigenvalue weighted by Gasteiger charge is 2.28. The minimum atomic E-state index is -4.06. The van der Waals surface area contributed by atoms with E-state index in [1.807, 2.05) is 0 Å². The van der Waals surface area contributed by atoms with Gasteiger partial charge in [-0.15, -0.1) is 0 Å². The third-order valence-corrected chi connectivity index (χ3v) is 6.92. The van der Waals surface area contributed by atoms with Gasteiger partial charge in [-0.1, -0.05) is 71.2 Å². The number of hydrazone groups is 1. The molecule has 0 saturated carbocycles. The van der Waals surface area contributed by atoms with Crippen LogP contribution in [0.4, 0.5) is 5.69 Å². The van der Waals surface area contributed by atoms with E-state index < -0.39 is 22.5 Å². The molecule has 6 nitrogen and oxygen atoms in total. The molecule has 0 aliphatic heterocycles. The van der Waals surface area contributed by atoms with E-state index in [1.165, 1.54) is 24.4 Å². The highest BCUT2D eigenvalue weighted by Crippen LogP contribution is 2.30. The number of benzene rings is 3. The number of nitrogens with zero attached hydrogens (tertiary/aromatic N) is 2. The number of nitrogens with one attached hydrogen (secondary N) is 1. The van der Waals surface area contributed by atoms with Gasteiger partial charge < -0.3 is 0 Å². The Morgan fingerprint density at radius 3 is 2.26 bits per heavy atom. The number of carbonyl (C=O) groups is 1. The van der Waals surface area contributed by atoms with Crippen LogP contribution in [0, 0.1) is 0 Å². The predicted octanol–water partition coefficient (Wildman–Crippen LogP) is 4.99. The summed E-state index contributed by atoms with van der Waals surface area (Å²) in [6.07, 6.45) is 1.37. The number of para-hydroxylation sites is 1. The molecule has 0 fully saturated rings. The lowest BCUT2D eigenvalue weighted by Gasteiger charge is -2.24. The highest BCUT2D eigenvalue weighted by molar-refractivity contribution is 7.92. The van der Waals surface area contributed by atoms with Crippen LogP contribution in [0.1, 0.15) is 5.56 Å². The summed E-state index contributed by atoms with van der Waals surface area (Å²) in [5, 5.41) is 4.78. The summed E-state index contributed by atoms with van der Waals surface area (Å²) in [5.41, 5.74) is 3.10. The molecular weight excluding hydrogens is 481 g/mol. The van der Waals surface area contributed by atoms with Crippen molar-refractivity contribution in [3.63, 3.8) is 0 Å². The lowest BCUT2D eigenvalue weighted by Crippen LogP contribution is -2.39. The number of halogens is 3. The lowest BCUT2D eigenvalue weighted by molar-refractivity contribution is -0.119. The lowest BCUT2D eigenvalue weighted by atomic mass is 10.2. The van der Waals surface area contributed by atoms with Crippen LogP contribution < -0.4 is 9.73 Å². The van der Waals surface area contributed by atoms with Crippen LogP contribution in [0.5, 0.6) is 0 Å². The summed E-state index contributed by atoms with van der Waals surface area (Å²) in [7, 11) is -4.06. The number of carbonyl (C=O) groups excluding carboxylic acids is 1. The van der Waals surface area contributed by atoms with E-state index in [4.69, 9.17) is 34.8 Å². The van der Waals surface area contributed by atoms with Crippen molar-refractivity contribution in [3.8, 4) is 0 Å². The van der Waals surface area contributed by atoms with E-state index in [-0.39, 0.29) is 15.6 Å². The molecule has 0 aliphatic rings. The second kappa shape index (κ2) is 10.2. The summed E-state index contributed by atoms with van der Waals surface area (Å²) in [6, 6.07) is 19.0. The van der Waals surface area contributed by atoms with Gasteiger partial charge in [0, 0.05) is 0 Å². The van der Waals surface area contributed by atoms with Crippen LogP contribution in [0.15, 0.2) is 82.8 Å². The summed E-state index contributed by atoms with van der Waals surface area (Å²) in [4.78, 5) is 12.5. The topological polar surface area (TPSA) is 78.8 Å². The van der Waals surface area contributed by atoms with Crippen LogP contribution in [-0.2, 0) is 14.8 Å². The number of amides is 1. The largest absolute Gasteiger partial charge is 0.271 e. The molecule has 160 valence electrons. The average Bonchev–Trinajstić information content (AvgIpc) is 2.76. The maximum Gasteiger partial charge on any atom is 0.264 e. The molecule has 1 amide bonds. The van der Waals surface area contributed by atoms with Crippen LogP contribution in [-0.4, -0.2) is 27.1 Å². The fourth-order valence-corrected chi connectivity index (χ4v) is 4.67. The van der Waals surface area contributed by atoms with Crippen molar-refractivity contribution in [3.05, 3.63) is 93.4 Å². The first kappa shape index (κ1) is 23.1. The first-order valence-electron chi connectivity index (χ1n) is 8.88. The summed E-state index contributed by atoms with van der Waals surface area (Å²) in [5.74, 6) is -0.657. The minimum Gasteiger partial charge on any atom is -0.271 e. The average molecular weight is 497 g/mol. The molecule has 0 atom stereocenters. The van der Waals surface area contributed by atoms with E-state index in [9.17, 15) is 13.2 Å². The Kier molecular flexibility index (Phi) is 7.56. The summed E-state index contributed by atoms with van der Waals surface area (Å²) < 4.78 is 27.4. The number of anilines is 1. The summed E-state index contributed by atoms with van der Waals surface area (Å²) in [6.45, 7) is -0.528. The highest BCUT2D eigenvalue weighted by atomic mass is 35.5. The monoisotopic (exact) mass is 495 g/mol. The molecule has 0 saturated heterocycles. The predicted molar refractivity (Wildman–Crippen MR) is 125 cm³/mol. The zero-order chi connectivity index (χ0) is 22.4. The van der Waals surface area contributed by atoms with Gasteiger partial charge >= 0.3 is 0 Å². The molecule has 0 bridgehead atoms. The van der Waals surface area contributed by atoms with Gasteiger partial charge in [0.25, 0.3) is 15.9 Å². The number of rotatable bonds is 7. The molecule has 0 aliphatic carbocycles. The van der Waals surface area contributed by atoms with Gasteiger partial charge in [0.05, 0.1) is 31.9 Å². The maximum atomic E-state index is 13.2. The molecule has 0 spiro atoms. The van der Waals surface area contributed by atoms with E-state index in [2.05, 4.69) is 10.5 Å². The second-order valence-corrected chi connectivity index (χ2v) is 9.33. The van der Waals surface area contributed by atoms with E-state index in [1.54, 1.807) is 54.6 Å². The van der Waals surface area contributed by atoms with Crippen LogP contribution >= 0.6 is 34.8 Å². The Balaban J connectivity index is 1.83. The number of sulfonamides is 1. The van der Waals surface area contributed by atoms with Crippen molar-refractivity contribution < 1.29 is 13.2 Å². The van der Waals surface area contributed by atoms with Gasteiger partial charge in [0.1, 0.15) is 6.54 Å². The van der Waals surface area contributed by atoms with Gasteiger partial charge in [0.2, 0.25) is 0 Å². The summed E-state index contributed by atoms with van der Waals surface area (Å²) >= 11 is 18.0. The van der Waals surface area contributed by atoms with Crippen molar-refractivity contribution in [2.75, 3.05) is 10.8 Å². The van der Waals surface area contributed by atoms with Gasteiger partial charge in [-0.25, -0.2) is 13.8 Å². The first-order valence-corrected chi connectivity index (χ1v) is 11.5. The van der Waals surface area contributed by atoms with Gasteiger partial charge in [-0.2, -0.15) is 5.10 Å². The zero-order valence-electron chi connectivity index (χ0n) is 15.9. The number of hydrogen-bond donors (Lipinski definition) is 1. The van der Waals surface area contributed by atoms with Crippen LogP contribution in [0.2, 0.25) is 15.1 Å². The van der Waals surface area contributed by atoms with Crippen molar-refractivity contribution >= 4 is 62.6 Å². The zero-order valence-corrected chi connectivity index (χ0v) is 19.0. The molecule has 0 radical (unpaired) electrons. The minimum absolute atomic E-state index is 0.0297. The molecule has 31 heavy (non-hydrogen) atoms. The normalized spacial score (nSPS) is 11.5. The SMILES string of the molecule is O=C(CN(c1ccccc1Cl)S(=O)(=O)c1ccccc1)N/N=C\c1ccc(Cl)c(Cl)c1. The molecule has 10 heteroatoms. The van der Waals surface area contributed by atoms with Gasteiger partial charge in [0.15, 0.2) is 0 Å². The first-order chi connectivity index (χ1) is 14.8. The molecule has 3 aromatic rings. The van der Waals surface area contributed by atoms with Crippen molar-refractivity contribution in [1.29, 1.82) is 0 Å². The second-order valence-electron chi connectivity index (χ2n) is 6.24. The third-order valence-electron chi connectivity index (χ3n) is 4.09. The molecule has 3 rings (SSSR count). The van der Waals surface area contributed by atoms with Crippen LogP contribution in [0.25, 0.3) is 0 Å². The molecule has 1 N–H and O–H groups in total. The van der Waals surface area contributed by atoms with Crippen LogP contribution in [0.3, 0.4) is 0 Å². The molecule has 0 aromatic heterocycles. The quantitative estimate of drug-likeness (QED) is 0.370. The Bertz CT molecular complexity index is 1220. The molecule has 0 heterocycles. The Morgan fingerprint density at radius 1 is 0.903 bits per heavy atom. The van der Waals surface area contributed by atoms with Crippen molar-refractivity contribution in [1.82, 2.24) is 5.43 Å². The van der Waals surface area contributed by atoms with E-state index in [0.29, 0.717) is 15.6 Å². The fourth-order valence-electron chi connectivity index (χ4n) is 2.61. The smallest absolute Gasteiger partial charge is 0.264 e. The van der Waals surface area contributed by atoms with E-state index in [0.717, 1.165) is 4.31 Å². The fraction of sp³-hybridized carbons (Fsp3) is 0.0476. The van der Waals surface area contributed by atoms with Gasteiger partial charge in [-0.05, 0) is 42.0 Å². The Labute approximate surface area is 195 Å². The van der Waals surface area contributed by atoms with Crippen molar-refractivity contribution in [2.24, 2.45) is 5.10 Å². The Hall–Kier alpha value is -2.58. The Morgan fingerprint density at radius 2 is 1.58 bits per heavy atom.